The highest BCUT2D eigenvalue weighted by Gasteiger charge is 2.34. The van der Waals surface area contributed by atoms with Crippen molar-refractivity contribution >= 4 is 0 Å². The predicted octanol–water partition coefficient (Wildman–Crippen LogP) is 2.79. The van der Waals surface area contributed by atoms with Crippen LogP contribution in [-0.2, 0) is 6.42 Å². The first-order valence-electron chi connectivity index (χ1n) is 7.24. The number of allylic oxidation sites excluding steroid dienone is 1. The molecule has 3 N–H and O–H groups in total. The minimum atomic E-state index is -2.89. The van der Waals surface area contributed by atoms with Crippen LogP contribution in [0.15, 0.2) is 35.7 Å². The van der Waals surface area contributed by atoms with Gasteiger partial charge >= 0.3 is 6.61 Å². The summed E-state index contributed by atoms with van der Waals surface area (Å²) in [4.78, 5) is 0. The normalized spacial score (nSPS) is 16.5. The number of aryl methyl sites for hydroxylation is 1. The summed E-state index contributed by atoms with van der Waals surface area (Å²) in [5, 5.41) is 16.4. The summed E-state index contributed by atoms with van der Waals surface area (Å²) in [5.74, 6) is -0.134. The van der Waals surface area contributed by atoms with Crippen molar-refractivity contribution in [2.24, 2.45) is 5.73 Å². The van der Waals surface area contributed by atoms with Gasteiger partial charge in [0.1, 0.15) is 17.4 Å². The second-order valence-electron chi connectivity index (χ2n) is 5.15. The molecule has 2 heterocycles. The number of fused-ring (bicyclic) bond motifs is 1. The number of nitrogens with zero attached hydrogens (tertiary/aromatic N) is 2. The molecule has 0 saturated carbocycles. The summed E-state index contributed by atoms with van der Waals surface area (Å²) in [6.07, 6.45) is 0.660. The predicted molar refractivity (Wildman–Crippen MR) is 80.3 cm³/mol. The molecule has 1 aromatic heterocycles. The molecule has 3 rings (SSSR count). The molecule has 24 heavy (non-hydrogen) atoms. The Morgan fingerprint density at radius 3 is 2.71 bits per heavy atom. The van der Waals surface area contributed by atoms with E-state index in [4.69, 9.17) is 10.5 Å². The van der Waals surface area contributed by atoms with Crippen molar-refractivity contribution in [1.82, 2.24) is 10.2 Å². The molecule has 8 heteroatoms. The van der Waals surface area contributed by atoms with Crippen LogP contribution < -0.4 is 15.2 Å². The van der Waals surface area contributed by atoms with Gasteiger partial charge in [-0.15, -0.1) is 5.10 Å². The molecule has 1 aromatic carbocycles. The zero-order valence-corrected chi connectivity index (χ0v) is 12.7. The Morgan fingerprint density at radius 1 is 1.42 bits per heavy atom. The number of hydrogen-bond donors (Lipinski definition) is 2. The van der Waals surface area contributed by atoms with Gasteiger partial charge in [-0.1, -0.05) is 19.1 Å². The molecule has 0 unspecified atom stereocenters. The lowest BCUT2D eigenvalue weighted by atomic mass is 9.83. The lowest BCUT2D eigenvalue weighted by Gasteiger charge is -2.24. The standard InChI is InChI=1S/C16H14F2N4O2/c1-2-11-13-12(8-3-5-9(6-4-8)23-16(17)18)10(7-19)14(20)24-15(13)22-21-11/h3-6,12,16H,2,20H2,1H3,(H,21,22)/t12-/m1/s1. The minimum absolute atomic E-state index is 0.0166. The van der Waals surface area contributed by atoms with Crippen LogP contribution in [0.1, 0.15) is 29.7 Å². The Morgan fingerprint density at radius 2 is 2.12 bits per heavy atom. The monoisotopic (exact) mass is 332 g/mol. The van der Waals surface area contributed by atoms with Gasteiger partial charge in [0.25, 0.3) is 0 Å². The van der Waals surface area contributed by atoms with Crippen molar-refractivity contribution in [3.63, 3.8) is 0 Å². The van der Waals surface area contributed by atoms with E-state index in [9.17, 15) is 14.0 Å². The summed E-state index contributed by atoms with van der Waals surface area (Å²) in [7, 11) is 0. The van der Waals surface area contributed by atoms with Crippen molar-refractivity contribution < 1.29 is 18.3 Å². The summed E-state index contributed by atoms with van der Waals surface area (Å²) >= 11 is 0. The SMILES string of the molecule is CCc1[nH]nc2c1[C@H](c1ccc(OC(F)F)cc1)C(C#N)=C(N)O2. The molecule has 1 aliphatic heterocycles. The second kappa shape index (κ2) is 6.20. The van der Waals surface area contributed by atoms with E-state index in [-0.39, 0.29) is 17.2 Å². The van der Waals surface area contributed by atoms with Crippen LogP contribution in [0.2, 0.25) is 0 Å². The number of aromatic nitrogens is 2. The number of benzene rings is 1. The van der Waals surface area contributed by atoms with Crippen LogP contribution in [0.3, 0.4) is 0 Å². The van der Waals surface area contributed by atoms with E-state index in [0.717, 1.165) is 11.3 Å². The number of H-pyrrole nitrogens is 1. The fourth-order valence-electron chi connectivity index (χ4n) is 2.75. The number of nitrogens with one attached hydrogen (secondary N) is 1. The first-order chi connectivity index (χ1) is 11.5. The Hall–Kier alpha value is -3.08. The molecular formula is C16H14F2N4O2. The van der Waals surface area contributed by atoms with Crippen molar-refractivity contribution in [3.8, 4) is 17.7 Å². The number of hydrogen-bond acceptors (Lipinski definition) is 5. The van der Waals surface area contributed by atoms with Crippen molar-refractivity contribution in [3.05, 3.63) is 52.5 Å². The lowest BCUT2D eigenvalue weighted by Crippen LogP contribution is -2.21. The van der Waals surface area contributed by atoms with E-state index in [1.807, 2.05) is 6.92 Å². The molecule has 0 bridgehead atoms. The highest BCUT2D eigenvalue weighted by molar-refractivity contribution is 5.55. The summed E-state index contributed by atoms with van der Waals surface area (Å²) in [6, 6.07) is 8.16. The molecule has 0 aliphatic carbocycles. The average molecular weight is 332 g/mol. The second-order valence-corrected chi connectivity index (χ2v) is 5.15. The third kappa shape index (κ3) is 2.65. The van der Waals surface area contributed by atoms with Gasteiger partial charge in [0.2, 0.25) is 11.8 Å². The summed E-state index contributed by atoms with van der Waals surface area (Å²) in [5.41, 5.74) is 8.34. The van der Waals surface area contributed by atoms with Gasteiger partial charge in [0.15, 0.2) is 0 Å². The lowest BCUT2D eigenvalue weighted by molar-refractivity contribution is -0.0498. The van der Waals surface area contributed by atoms with Gasteiger partial charge in [-0.3, -0.25) is 5.10 Å². The zero-order chi connectivity index (χ0) is 17.3. The fraction of sp³-hybridized carbons (Fsp3) is 0.250. The maximum Gasteiger partial charge on any atom is 0.387 e. The molecule has 0 saturated heterocycles. The number of nitrogens with two attached hydrogens (primary N) is 1. The maximum atomic E-state index is 12.3. The summed E-state index contributed by atoms with van der Waals surface area (Å²) in [6.45, 7) is -0.950. The van der Waals surface area contributed by atoms with Crippen LogP contribution in [0.5, 0.6) is 11.6 Å². The third-order valence-corrected chi connectivity index (χ3v) is 3.81. The van der Waals surface area contributed by atoms with Crippen LogP contribution in [0, 0.1) is 11.3 Å². The van der Waals surface area contributed by atoms with E-state index < -0.39 is 12.5 Å². The van der Waals surface area contributed by atoms with Gasteiger partial charge in [0.05, 0.1) is 5.92 Å². The van der Waals surface area contributed by atoms with E-state index >= 15 is 0 Å². The maximum absolute atomic E-state index is 12.3. The third-order valence-electron chi connectivity index (χ3n) is 3.81. The molecular weight excluding hydrogens is 318 g/mol. The highest BCUT2D eigenvalue weighted by atomic mass is 19.3. The molecule has 124 valence electrons. The minimum Gasteiger partial charge on any atom is -0.435 e. The van der Waals surface area contributed by atoms with Gasteiger partial charge in [-0.05, 0) is 24.1 Å². The van der Waals surface area contributed by atoms with E-state index in [1.165, 1.54) is 12.1 Å². The number of ether oxygens (including phenoxy) is 2. The summed E-state index contributed by atoms with van der Waals surface area (Å²) < 4.78 is 34.3. The van der Waals surface area contributed by atoms with Gasteiger partial charge in [-0.2, -0.15) is 14.0 Å². The Balaban J connectivity index is 2.07. The Kier molecular flexibility index (Phi) is 4.08. The van der Waals surface area contributed by atoms with Gasteiger partial charge < -0.3 is 15.2 Å². The van der Waals surface area contributed by atoms with Gasteiger partial charge in [-0.25, -0.2) is 0 Å². The van der Waals surface area contributed by atoms with Crippen LogP contribution in [0.4, 0.5) is 8.78 Å². The first kappa shape index (κ1) is 15.8. The van der Waals surface area contributed by atoms with E-state index in [1.54, 1.807) is 12.1 Å². The molecule has 0 fully saturated rings. The van der Waals surface area contributed by atoms with Gasteiger partial charge in [0, 0.05) is 11.3 Å². The zero-order valence-electron chi connectivity index (χ0n) is 12.7. The Bertz CT molecular complexity index is 822. The molecule has 6 nitrogen and oxygen atoms in total. The highest BCUT2D eigenvalue weighted by Crippen LogP contribution is 2.43. The number of rotatable bonds is 4. The Labute approximate surface area is 136 Å². The van der Waals surface area contributed by atoms with Crippen LogP contribution in [0.25, 0.3) is 0 Å². The molecule has 0 amide bonds. The topological polar surface area (TPSA) is 97.0 Å². The van der Waals surface area contributed by atoms with E-state index in [0.29, 0.717) is 17.9 Å². The number of halogens is 2. The number of nitriles is 1. The average Bonchev–Trinajstić information content (AvgIpc) is 2.96. The van der Waals surface area contributed by atoms with Crippen LogP contribution in [-0.4, -0.2) is 16.8 Å². The fourth-order valence-corrected chi connectivity index (χ4v) is 2.75. The van der Waals surface area contributed by atoms with Crippen molar-refractivity contribution in [1.29, 1.82) is 5.26 Å². The molecule has 1 aliphatic rings. The number of alkyl halides is 2. The molecule has 0 spiro atoms. The van der Waals surface area contributed by atoms with Crippen molar-refractivity contribution in [2.75, 3.05) is 0 Å². The molecule has 0 radical (unpaired) electrons. The van der Waals surface area contributed by atoms with Crippen molar-refractivity contribution in [2.45, 2.75) is 25.9 Å². The van der Waals surface area contributed by atoms with Crippen LogP contribution >= 0.6 is 0 Å². The molecule has 1 atom stereocenters. The first-order valence-corrected chi connectivity index (χ1v) is 7.24. The van der Waals surface area contributed by atoms with E-state index in [2.05, 4.69) is 21.0 Å². The molecule has 2 aromatic rings. The smallest absolute Gasteiger partial charge is 0.387 e. The largest absolute Gasteiger partial charge is 0.435 e. The number of aromatic amines is 1. The quantitative estimate of drug-likeness (QED) is 0.897.